The molecule has 0 aromatic heterocycles. The van der Waals surface area contributed by atoms with E-state index in [1.807, 2.05) is 4.90 Å². The van der Waals surface area contributed by atoms with Crippen molar-refractivity contribution in [3.63, 3.8) is 0 Å². The van der Waals surface area contributed by atoms with E-state index in [-0.39, 0.29) is 11.8 Å². The van der Waals surface area contributed by atoms with E-state index in [0.29, 0.717) is 24.3 Å². The van der Waals surface area contributed by atoms with Crippen molar-refractivity contribution in [2.24, 2.45) is 0 Å². The van der Waals surface area contributed by atoms with Crippen LogP contribution < -0.4 is 5.32 Å². The first-order valence-corrected chi connectivity index (χ1v) is 6.89. The third kappa shape index (κ3) is 3.57. The minimum atomic E-state index is -0.182. The van der Waals surface area contributed by atoms with E-state index >= 15 is 0 Å². The van der Waals surface area contributed by atoms with Gasteiger partial charge in [-0.15, -0.1) is 0 Å². The summed E-state index contributed by atoms with van der Waals surface area (Å²) in [5.41, 5.74) is 1.08. The smallest absolute Gasteiger partial charge is 0.253 e. The van der Waals surface area contributed by atoms with Gasteiger partial charge in [-0.2, -0.15) is 0 Å². The molecule has 5 heteroatoms. The number of rotatable bonds is 5. The summed E-state index contributed by atoms with van der Waals surface area (Å²) in [5, 5.41) is 2.75. The Kier molecular flexibility index (Phi) is 5.12. The summed E-state index contributed by atoms with van der Waals surface area (Å²) in [5.74, 6) is -0.174. The number of nitrogens with zero attached hydrogens (tertiary/aromatic N) is 1. The van der Waals surface area contributed by atoms with Crippen molar-refractivity contribution in [2.45, 2.75) is 12.8 Å². The van der Waals surface area contributed by atoms with Crippen LogP contribution in [0.25, 0.3) is 0 Å². The summed E-state index contributed by atoms with van der Waals surface area (Å²) in [6.07, 6.45) is 2.12. The van der Waals surface area contributed by atoms with Gasteiger partial charge in [-0.3, -0.25) is 9.59 Å². The molecule has 1 heterocycles. The lowest BCUT2D eigenvalue weighted by molar-refractivity contribution is 0.0793. The highest BCUT2D eigenvalue weighted by Crippen LogP contribution is 2.14. The summed E-state index contributed by atoms with van der Waals surface area (Å²) >= 11 is 0. The normalized spacial score (nSPS) is 14.3. The first-order chi connectivity index (χ1) is 9.72. The van der Waals surface area contributed by atoms with E-state index in [1.165, 1.54) is 0 Å². The number of hydrogen-bond acceptors (Lipinski definition) is 3. The van der Waals surface area contributed by atoms with Gasteiger partial charge in [0, 0.05) is 37.9 Å². The third-order valence-electron chi connectivity index (χ3n) is 3.36. The first kappa shape index (κ1) is 14.5. The minimum absolute atomic E-state index is 0.00837. The van der Waals surface area contributed by atoms with Gasteiger partial charge in [-0.25, -0.2) is 0 Å². The molecule has 0 aliphatic carbocycles. The van der Waals surface area contributed by atoms with Crippen LogP contribution in [0, 0.1) is 0 Å². The number of methoxy groups -OCH3 is 1. The highest BCUT2D eigenvalue weighted by atomic mass is 16.5. The average Bonchev–Trinajstić information content (AvgIpc) is 3.01. The van der Waals surface area contributed by atoms with Gasteiger partial charge in [0.05, 0.1) is 6.61 Å². The van der Waals surface area contributed by atoms with E-state index in [1.54, 1.807) is 31.4 Å². The molecule has 0 atom stereocenters. The van der Waals surface area contributed by atoms with Crippen LogP contribution in [0.1, 0.15) is 33.6 Å². The Bertz CT molecular complexity index is 482. The molecule has 1 aromatic rings. The van der Waals surface area contributed by atoms with Crippen LogP contribution in [0.3, 0.4) is 0 Å². The fraction of sp³-hybridized carbons (Fsp3) is 0.467. The van der Waals surface area contributed by atoms with Crippen LogP contribution in [0.15, 0.2) is 24.3 Å². The standard InChI is InChI=1S/C15H20N2O3/c1-20-10-7-16-14(18)12-5-4-6-13(11-12)15(19)17-8-2-3-9-17/h4-6,11H,2-3,7-10H2,1H3,(H,16,18). The average molecular weight is 276 g/mol. The van der Waals surface area contributed by atoms with Gasteiger partial charge in [0.1, 0.15) is 0 Å². The minimum Gasteiger partial charge on any atom is -0.383 e. The number of ether oxygens (including phenoxy) is 1. The van der Waals surface area contributed by atoms with E-state index < -0.39 is 0 Å². The summed E-state index contributed by atoms with van der Waals surface area (Å²) < 4.78 is 4.88. The van der Waals surface area contributed by atoms with Crippen molar-refractivity contribution in [1.82, 2.24) is 10.2 Å². The molecular formula is C15H20N2O3. The molecule has 0 bridgehead atoms. The third-order valence-corrected chi connectivity index (χ3v) is 3.36. The van der Waals surface area contributed by atoms with Gasteiger partial charge in [0.15, 0.2) is 0 Å². The summed E-state index contributed by atoms with van der Waals surface area (Å²) in [4.78, 5) is 26.0. The lowest BCUT2D eigenvalue weighted by atomic mass is 10.1. The van der Waals surface area contributed by atoms with Gasteiger partial charge in [-0.1, -0.05) is 6.07 Å². The van der Waals surface area contributed by atoms with Gasteiger partial charge >= 0.3 is 0 Å². The molecule has 2 amide bonds. The second-order valence-corrected chi connectivity index (χ2v) is 4.83. The van der Waals surface area contributed by atoms with E-state index in [2.05, 4.69) is 5.32 Å². The maximum atomic E-state index is 12.3. The molecule has 1 aliphatic rings. The van der Waals surface area contributed by atoms with Crippen LogP contribution >= 0.6 is 0 Å². The predicted octanol–water partition coefficient (Wildman–Crippen LogP) is 1.30. The largest absolute Gasteiger partial charge is 0.383 e. The zero-order chi connectivity index (χ0) is 14.4. The number of carbonyl (C=O) groups is 2. The quantitative estimate of drug-likeness (QED) is 0.825. The molecule has 5 nitrogen and oxygen atoms in total. The molecule has 1 aromatic carbocycles. The monoisotopic (exact) mass is 276 g/mol. The van der Waals surface area contributed by atoms with Crippen molar-refractivity contribution in [1.29, 1.82) is 0 Å². The second kappa shape index (κ2) is 7.05. The lowest BCUT2D eigenvalue weighted by Gasteiger charge is -2.15. The Morgan fingerprint density at radius 3 is 2.65 bits per heavy atom. The molecule has 0 saturated carbocycles. The lowest BCUT2D eigenvalue weighted by Crippen LogP contribution is -2.29. The molecule has 1 saturated heterocycles. The van der Waals surface area contributed by atoms with Gasteiger partial charge in [0.25, 0.3) is 11.8 Å². The molecule has 0 spiro atoms. The van der Waals surface area contributed by atoms with E-state index in [9.17, 15) is 9.59 Å². The topological polar surface area (TPSA) is 58.6 Å². The van der Waals surface area contributed by atoms with Gasteiger partial charge < -0.3 is 15.0 Å². The van der Waals surface area contributed by atoms with E-state index in [0.717, 1.165) is 25.9 Å². The van der Waals surface area contributed by atoms with Gasteiger partial charge in [0.2, 0.25) is 0 Å². The van der Waals surface area contributed by atoms with Crippen LogP contribution in [-0.2, 0) is 4.74 Å². The Balaban J connectivity index is 2.03. The SMILES string of the molecule is COCCNC(=O)c1cccc(C(=O)N2CCCC2)c1. The summed E-state index contributed by atoms with van der Waals surface area (Å²) in [6, 6.07) is 6.87. The molecule has 108 valence electrons. The van der Waals surface area contributed by atoms with Crippen LogP contribution in [0.5, 0.6) is 0 Å². The number of hydrogen-bond donors (Lipinski definition) is 1. The highest BCUT2D eigenvalue weighted by Gasteiger charge is 2.20. The number of nitrogens with one attached hydrogen (secondary N) is 1. The number of amides is 2. The number of benzene rings is 1. The Labute approximate surface area is 118 Å². The predicted molar refractivity (Wildman–Crippen MR) is 75.8 cm³/mol. The fourth-order valence-corrected chi connectivity index (χ4v) is 2.26. The first-order valence-electron chi connectivity index (χ1n) is 6.89. The molecule has 0 unspecified atom stereocenters. The summed E-state index contributed by atoms with van der Waals surface area (Å²) in [7, 11) is 1.58. The Hall–Kier alpha value is -1.88. The molecule has 1 N–H and O–H groups in total. The molecule has 20 heavy (non-hydrogen) atoms. The fourth-order valence-electron chi connectivity index (χ4n) is 2.26. The zero-order valence-electron chi connectivity index (χ0n) is 11.7. The van der Waals surface area contributed by atoms with E-state index in [4.69, 9.17) is 4.74 Å². The zero-order valence-corrected chi connectivity index (χ0v) is 11.7. The van der Waals surface area contributed by atoms with Crippen molar-refractivity contribution in [3.05, 3.63) is 35.4 Å². The molecule has 1 aliphatic heterocycles. The van der Waals surface area contributed by atoms with Crippen molar-refractivity contribution < 1.29 is 14.3 Å². The van der Waals surface area contributed by atoms with Crippen molar-refractivity contribution in [3.8, 4) is 0 Å². The number of carbonyl (C=O) groups excluding carboxylic acids is 2. The maximum absolute atomic E-state index is 12.3. The van der Waals surface area contributed by atoms with Crippen LogP contribution in [-0.4, -0.2) is 50.1 Å². The van der Waals surface area contributed by atoms with Crippen molar-refractivity contribution in [2.75, 3.05) is 33.4 Å². The van der Waals surface area contributed by atoms with Crippen molar-refractivity contribution >= 4 is 11.8 Å². The maximum Gasteiger partial charge on any atom is 0.253 e. The molecule has 2 rings (SSSR count). The van der Waals surface area contributed by atoms with Gasteiger partial charge in [-0.05, 0) is 31.0 Å². The molecular weight excluding hydrogens is 256 g/mol. The molecule has 0 radical (unpaired) electrons. The summed E-state index contributed by atoms with van der Waals surface area (Å²) in [6.45, 7) is 2.55. The number of likely N-dealkylation sites (tertiary alicyclic amines) is 1. The Morgan fingerprint density at radius 1 is 1.25 bits per heavy atom. The van der Waals surface area contributed by atoms with Crippen LogP contribution in [0.4, 0.5) is 0 Å². The highest BCUT2D eigenvalue weighted by molar-refractivity contribution is 5.99. The molecule has 1 fully saturated rings. The Morgan fingerprint density at radius 2 is 1.95 bits per heavy atom. The van der Waals surface area contributed by atoms with Crippen LogP contribution in [0.2, 0.25) is 0 Å². The second-order valence-electron chi connectivity index (χ2n) is 4.83.